The summed E-state index contributed by atoms with van der Waals surface area (Å²) in [5.74, 6) is 0. The molecule has 2 N–H and O–H groups in total. The SMILES string of the molecule is CN(C)CCCN(C)CC1(CN)CCCC1. The summed E-state index contributed by atoms with van der Waals surface area (Å²) in [6.45, 7) is 4.43. The molecule has 0 atom stereocenters. The van der Waals surface area contributed by atoms with Crippen LogP contribution >= 0.6 is 0 Å². The molecule has 0 aromatic carbocycles. The fraction of sp³-hybridized carbons (Fsp3) is 1.00. The lowest BCUT2D eigenvalue weighted by Crippen LogP contribution is -2.40. The Morgan fingerprint density at radius 2 is 1.69 bits per heavy atom. The molecule has 0 saturated heterocycles. The standard InChI is InChI=1S/C13H29N3/c1-15(2)9-6-10-16(3)12-13(11-14)7-4-5-8-13/h4-12,14H2,1-3H3. The van der Waals surface area contributed by atoms with Crippen LogP contribution in [0.1, 0.15) is 32.1 Å². The number of nitrogens with zero attached hydrogens (tertiary/aromatic N) is 2. The van der Waals surface area contributed by atoms with Crippen LogP contribution in [-0.4, -0.2) is 57.1 Å². The average molecular weight is 227 g/mol. The van der Waals surface area contributed by atoms with Crippen LogP contribution in [-0.2, 0) is 0 Å². The summed E-state index contributed by atoms with van der Waals surface area (Å²) < 4.78 is 0. The molecule has 3 nitrogen and oxygen atoms in total. The average Bonchev–Trinajstić information content (AvgIpc) is 2.66. The van der Waals surface area contributed by atoms with E-state index in [-0.39, 0.29) is 0 Å². The molecule has 0 radical (unpaired) electrons. The maximum absolute atomic E-state index is 5.96. The van der Waals surface area contributed by atoms with Crippen molar-refractivity contribution in [2.45, 2.75) is 32.1 Å². The first kappa shape index (κ1) is 13.9. The van der Waals surface area contributed by atoms with Crippen LogP contribution in [0.15, 0.2) is 0 Å². The predicted octanol–water partition coefficient (Wildman–Crippen LogP) is 1.39. The number of rotatable bonds is 7. The van der Waals surface area contributed by atoms with Crippen molar-refractivity contribution in [3.63, 3.8) is 0 Å². The molecule has 1 fully saturated rings. The van der Waals surface area contributed by atoms with Gasteiger partial charge in [0, 0.05) is 6.54 Å². The largest absolute Gasteiger partial charge is 0.330 e. The number of hydrogen-bond donors (Lipinski definition) is 1. The Kier molecular flexibility index (Phi) is 5.73. The quantitative estimate of drug-likeness (QED) is 0.713. The minimum absolute atomic E-state index is 0.437. The zero-order valence-corrected chi connectivity index (χ0v) is 11.3. The van der Waals surface area contributed by atoms with Crippen LogP contribution in [0, 0.1) is 5.41 Å². The van der Waals surface area contributed by atoms with Crippen molar-refractivity contribution < 1.29 is 0 Å². The zero-order chi connectivity index (χ0) is 12.0. The molecule has 0 bridgehead atoms. The maximum Gasteiger partial charge on any atom is 0.00470 e. The predicted molar refractivity (Wildman–Crippen MR) is 70.6 cm³/mol. The van der Waals surface area contributed by atoms with E-state index >= 15 is 0 Å². The van der Waals surface area contributed by atoms with Gasteiger partial charge in [0.1, 0.15) is 0 Å². The van der Waals surface area contributed by atoms with Crippen molar-refractivity contribution in [1.29, 1.82) is 0 Å². The third kappa shape index (κ3) is 4.40. The molecule has 16 heavy (non-hydrogen) atoms. The molecule has 0 unspecified atom stereocenters. The second-order valence-corrected chi connectivity index (χ2v) is 5.81. The van der Waals surface area contributed by atoms with Gasteiger partial charge < -0.3 is 15.5 Å². The Balaban J connectivity index is 2.24. The first-order valence-corrected chi connectivity index (χ1v) is 6.61. The third-order valence-corrected chi connectivity index (χ3v) is 3.85. The second kappa shape index (κ2) is 6.58. The van der Waals surface area contributed by atoms with E-state index in [1.807, 2.05) is 0 Å². The second-order valence-electron chi connectivity index (χ2n) is 5.81. The van der Waals surface area contributed by atoms with Crippen molar-refractivity contribution in [3.8, 4) is 0 Å². The lowest BCUT2D eigenvalue weighted by molar-refractivity contribution is 0.179. The lowest BCUT2D eigenvalue weighted by atomic mass is 9.86. The summed E-state index contributed by atoms with van der Waals surface area (Å²) in [6.07, 6.45) is 6.68. The van der Waals surface area contributed by atoms with E-state index in [0.717, 1.165) is 6.54 Å². The van der Waals surface area contributed by atoms with Crippen LogP contribution in [0.2, 0.25) is 0 Å². The van der Waals surface area contributed by atoms with Gasteiger partial charge in [-0.2, -0.15) is 0 Å². The number of nitrogens with two attached hydrogens (primary N) is 1. The molecule has 0 spiro atoms. The van der Waals surface area contributed by atoms with Gasteiger partial charge in [0.05, 0.1) is 0 Å². The molecule has 3 heteroatoms. The minimum Gasteiger partial charge on any atom is -0.330 e. The van der Waals surface area contributed by atoms with E-state index in [4.69, 9.17) is 5.73 Å². The highest BCUT2D eigenvalue weighted by Crippen LogP contribution is 2.37. The van der Waals surface area contributed by atoms with Gasteiger partial charge in [-0.3, -0.25) is 0 Å². The van der Waals surface area contributed by atoms with Gasteiger partial charge in [0.2, 0.25) is 0 Å². The molecule has 1 aliphatic rings. The van der Waals surface area contributed by atoms with Gasteiger partial charge in [-0.25, -0.2) is 0 Å². The highest BCUT2D eigenvalue weighted by molar-refractivity contribution is 4.87. The first-order chi connectivity index (χ1) is 7.58. The first-order valence-electron chi connectivity index (χ1n) is 6.61. The van der Waals surface area contributed by atoms with E-state index in [1.54, 1.807) is 0 Å². The molecule has 0 aromatic rings. The maximum atomic E-state index is 5.96. The van der Waals surface area contributed by atoms with E-state index in [1.165, 1.54) is 51.7 Å². The van der Waals surface area contributed by atoms with Gasteiger partial charge >= 0.3 is 0 Å². The summed E-state index contributed by atoms with van der Waals surface area (Å²) in [7, 11) is 6.52. The Morgan fingerprint density at radius 3 is 2.19 bits per heavy atom. The van der Waals surface area contributed by atoms with E-state index < -0.39 is 0 Å². The summed E-state index contributed by atoms with van der Waals surface area (Å²) in [4.78, 5) is 4.73. The fourth-order valence-electron chi connectivity index (χ4n) is 2.86. The Morgan fingerprint density at radius 1 is 1.06 bits per heavy atom. The van der Waals surface area contributed by atoms with Crippen molar-refractivity contribution in [2.24, 2.45) is 11.1 Å². The highest BCUT2D eigenvalue weighted by atomic mass is 15.1. The van der Waals surface area contributed by atoms with E-state index in [9.17, 15) is 0 Å². The fourth-order valence-corrected chi connectivity index (χ4v) is 2.86. The molecular formula is C13H29N3. The van der Waals surface area contributed by atoms with Gasteiger partial charge in [-0.1, -0.05) is 12.8 Å². The molecule has 1 aliphatic carbocycles. The molecule has 0 heterocycles. The van der Waals surface area contributed by atoms with E-state index in [0.29, 0.717) is 5.41 Å². The third-order valence-electron chi connectivity index (χ3n) is 3.85. The lowest BCUT2D eigenvalue weighted by Gasteiger charge is -2.32. The van der Waals surface area contributed by atoms with Crippen molar-refractivity contribution in [3.05, 3.63) is 0 Å². The molecule has 0 aliphatic heterocycles. The highest BCUT2D eigenvalue weighted by Gasteiger charge is 2.33. The summed E-state index contributed by atoms with van der Waals surface area (Å²) >= 11 is 0. The molecule has 0 amide bonds. The number of hydrogen-bond acceptors (Lipinski definition) is 3. The molecule has 96 valence electrons. The Labute approximate surface area is 101 Å². The topological polar surface area (TPSA) is 32.5 Å². The summed E-state index contributed by atoms with van der Waals surface area (Å²) in [5, 5.41) is 0. The molecule has 1 rings (SSSR count). The van der Waals surface area contributed by atoms with Crippen molar-refractivity contribution in [1.82, 2.24) is 9.80 Å². The van der Waals surface area contributed by atoms with Crippen molar-refractivity contribution in [2.75, 3.05) is 47.3 Å². The van der Waals surface area contributed by atoms with Gasteiger partial charge in [0.25, 0.3) is 0 Å². The van der Waals surface area contributed by atoms with Crippen LogP contribution < -0.4 is 5.73 Å². The zero-order valence-electron chi connectivity index (χ0n) is 11.3. The molecular weight excluding hydrogens is 198 g/mol. The van der Waals surface area contributed by atoms with Gasteiger partial charge in [0.15, 0.2) is 0 Å². The summed E-state index contributed by atoms with van der Waals surface area (Å²) in [5.41, 5.74) is 6.40. The normalized spacial score (nSPS) is 19.9. The monoisotopic (exact) mass is 227 g/mol. The van der Waals surface area contributed by atoms with Crippen LogP contribution in [0.4, 0.5) is 0 Å². The van der Waals surface area contributed by atoms with Crippen LogP contribution in [0.5, 0.6) is 0 Å². The summed E-state index contributed by atoms with van der Waals surface area (Å²) in [6, 6.07) is 0. The van der Waals surface area contributed by atoms with Crippen LogP contribution in [0.25, 0.3) is 0 Å². The minimum atomic E-state index is 0.437. The van der Waals surface area contributed by atoms with Crippen LogP contribution in [0.3, 0.4) is 0 Å². The van der Waals surface area contributed by atoms with Gasteiger partial charge in [-0.05, 0) is 65.5 Å². The van der Waals surface area contributed by atoms with Crippen molar-refractivity contribution >= 4 is 0 Å². The molecule has 0 aromatic heterocycles. The van der Waals surface area contributed by atoms with E-state index in [2.05, 4.69) is 30.9 Å². The Hall–Kier alpha value is -0.120. The molecule has 1 saturated carbocycles. The smallest absolute Gasteiger partial charge is 0.00470 e. The van der Waals surface area contributed by atoms with Gasteiger partial charge in [-0.15, -0.1) is 0 Å². The Bertz CT molecular complexity index is 186.